The number of rotatable bonds is 3. The minimum atomic E-state index is -0.552. The number of nitrogen functional groups attached to an aromatic ring is 1. The van der Waals surface area contributed by atoms with Crippen LogP contribution in [-0.2, 0) is 0 Å². The SMILES string of the molecule is C[C@]1(O)CC[C@@H](Nc2nc(N)nc3cc(-c4ccn[nH]4)ccc23)CC1. The number of benzene rings is 1. The van der Waals surface area contributed by atoms with Gasteiger partial charge in [0.05, 0.1) is 16.8 Å². The summed E-state index contributed by atoms with van der Waals surface area (Å²) in [7, 11) is 0. The van der Waals surface area contributed by atoms with Crippen molar-refractivity contribution in [1.29, 1.82) is 0 Å². The van der Waals surface area contributed by atoms with Crippen LogP contribution >= 0.6 is 0 Å². The number of hydrogen-bond donors (Lipinski definition) is 4. The number of nitrogens with zero attached hydrogens (tertiary/aromatic N) is 3. The van der Waals surface area contributed by atoms with Gasteiger partial charge in [0.1, 0.15) is 5.82 Å². The van der Waals surface area contributed by atoms with E-state index in [0.717, 1.165) is 53.7 Å². The van der Waals surface area contributed by atoms with Crippen LogP contribution in [0, 0.1) is 0 Å². The molecule has 1 aliphatic carbocycles. The molecular formula is C18H22N6O. The zero-order chi connectivity index (χ0) is 17.4. The van der Waals surface area contributed by atoms with Crippen molar-refractivity contribution in [2.24, 2.45) is 0 Å². The van der Waals surface area contributed by atoms with Gasteiger partial charge in [-0.05, 0) is 50.8 Å². The Morgan fingerprint density at radius 1 is 1.24 bits per heavy atom. The van der Waals surface area contributed by atoms with Crippen LogP contribution in [0.1, 0.15) is 32.6 Å². The van der Waals surface area contributed by atoms with Crippen LogP contribution in [0.25, 0.3) is 22.2 Å². The van der Waals surface area contributed by atoms with Gasteiger partial charge in [0.2, 0.25) is 5.95 Å². The third kappa shape index (κ3) is 3.28. The number of aliphatic hydroxyl groups is 1. The van der Waals surface area contributed by atoms with E-state index in [1.165, 1.54) is 0 Å². The molecule has 0 atom stereocenters. The predicted molar refractivity (Wildman–Crippen MR) is 98.0 cm³/mol. The van der Waals surface area contributed by atoms with Crippen molar-refractivity contribution in [2.45, 2.75) is 44.2 Å². The molecule has 130 valence electrons. The Kier molecular flexibility index (Phi) is 3.80. The molecule has 5 N–H and O–H groups in total. The van der Waals surface area contributed by atoms with Gasteiger partial charge >= 0.3 is 0 Å². The first-order valence-corrected chi connectivity index (χ1v) is 8.56. The number of hydrogen-bond acceptors (Lipinski definition) is 6. The quantitative estimate of drug-likeness (QED) is 0.584. The molecule has 7 heteroatoms. The van der Waals surface area contributed by atoms with Gasteiger partial charge in [-0.2, -0.15) is 10.1 Å². The zero-order valence-corrected chi connectivity index (χ0v) is 14.2. The Labute approximate surface area is 145 Å². The van der Waals surface area contributed by atoms with E-state index in [9.17, 15) is 5.11 Å². The lowest BCUT2D eigenvalue weighted by Crippen LogP contribution is -2.36. The van der Waals surface area contributed by atoms with E-state index in [1.54, 1.807) is 6.20 Å². The highest BCUT2D eigenvalue weighted by Crippen LogP contribution is 2.32. The summed E-state index contributed by atoms with van der Waals surface area (Å²) in [4.78, 5) is 8.77. The fourth-order valence-electron chi connectivity index (χ4n) is 3.42. The van der Waals surface area contributed by atoms with Gasteiger partial charge < -0.3 is 16.2 Å². The Bertz CT molecular complexity index is 880. The summed E-state index contributed by atoms with van der Waals surface area (Å²) in [6.45, 7) is 1.90. The third-order valence-electron chi connectivity index (χ3n) is 4.93. The van der Waals surface area contributed by atoms with E-state index in [0.29, 0.717) is 0 Å². The molecule has 2 heterocycles. The molecule has 0 radical (unpaired) electrons. The van der Waals surface area contributed by atoms with E-state index in [2.05, 4.69) is 25.5 Å². The number of nitrogens with two attached hydrogens (primary N) is 1. The first kappa shape index (κ1) is 15.8. The minimum absolute atomic E-state index is 0.250. The summed E-state index contributed by atoms with van der Waals surface area (Å²) in [6, 6.07) is 8.21. The molecule has 3 aromatic rings. The van der Waals surface area contributed by atoms with Crippen molar-refractivity contribution in [1.82, 2.24) is 20.2 Å². The molecule has 1 aromatic carbocycles. The van der Waals surface area contributed by atoms with E-state index in [1.807, 2.05) is 31.2 Å². The monoisotopic (exact) mass is 338 g/mol. The molecule has 0 spiro atoms. The standard InChI is InChI=1S/C18H22N6O/c1-18(25)7-4-12(5-8-18)21-16-13-3-2-11(14-6-9-20-24-14)10-15(13)22-17(19)23-16/h2-3,6,9-10,12,25H,4-5,7-8H2,1H3,(H,20,24)(H3,19,21,22,23)/t12-,18+. The number of aromatic amines is 1. The molecule has 0 unspecified atom stereocenters. The summed E-state index contributed by atoms with van der Waals surface area (Å²) < 4.78 is 0. The molecule has 7 nitrogen and oxygen atoms in total. The van der Waals surface area contributed by atoms with Crippen molar-refractivity contribution in [2.75, 3.05) is 11.1 Å². The number of anilines is 2. The lowest BCUT2D eigenvalue weighted by Gasteiger charge is -2.33. The van der Waals surface area contributed by atoms with E-state index >= 15 is 0 Å². The summed E-state index contributed by atoms with van der Waals surface area (Å²) in [5.41, 5.74) is 8.10. The van der Waals surface area contributed by atoms with Gasteiger partial charge in [0.15, 0.2) is 0 Å². The molecule has 1 aliphatic rings. The van der Waals surface area contributed by atoms with Crippen molar-refractivity contribution in [3.8, 4) is 11.3 Å². The highest BCUT2D eigenvalue weighted by molar-refractivity contribution is 5.92. The van der Waals surface area contributed by atoms with Crippen LogP contribution in [0.15, 0.2) is 30.5 Å². The number of fused-ring (bicyclic) bond motifs is 1. The van der Waals surface area contributed by atoms with E-state index < -0.39 is 5.60 Å². The summed E-state index contributed by atoms with van der Waals surface area (Å²) in [5, 5.41) is 21.5. The molecule has 0 bridgehead atoms. The van der Waals surface area contributed by atoms with Gasteiger partial charge in [0, 0.05) is 23.2 Å². The van der Waals surface area contributed by atoms with E-state index in [-0.39, 0.29) is 12.0 Å². The van der Waals surface area contributed by atoms with Crippen LogP contribution in [0.2, 0.25) is 0 Å². The van der Waals surface area contributed by atoms with Gasteiger partial charge in [-0.15, -0.1) is 0 Å². The van der Waals surface area contributed by atoms with Gasteiger partial charge in [-0.25, -0.2) is 4.98 Å². The van der Waals surface area contributed by atoms with Crippen molar-refractivity contribution >= 4 is 22.7 Å². The molecule has 1 saturated carbocycles. The minimum Gasteiger partial charge on any atom is -0.390 e. The first-order valence-electron chi connectivity index (χ1n) is 8.56. The Morgan fingerprint density at radius 3 is 2.76 bits per heavy atom. The maximum absolute atomic E-state index is 10.1. The van der Waals surface area contributed by atoms with Crippen LogP contribution in [-0.4, -0.2) is 36.9 Å². The van der Waals surface area contributed by atoms with Gasteiger partial charge in [-0.3, -0.25) is 5.10 Å². The Balaban J connectivity index is 1.65. The van der Waals surface area contributed by atoms with Crippen molar-refractivity contribution < 1.29 is 5.11 Å². The molecule has 25 heavy (non-hydrogen) atoms. The molecule has 0 amide bonds. The summed E-state index contributed by atoms with van der Waals surface area (Å²) >= 11 is 0. The molecule has 0 aliphatic heterocycles. The lowest BCUT2D eigenvalue weighted by molar-refractivity contribution is 0.0196. The molecule has 0 saturated heterocycles. The topological polar surface area (TPSA) is 113 Å². The van der Waals surface area contributed by atoms with Crippen molar-refractivity contribution in [3.05, 3.63) is 30.5 Å². The molecule has 1 fully saturated rings. The van der Waals surface area contributed by atoms with Crippen molar-refractivity contribution in [3.63, 3.8) is 0 Å². The second-order valence-electron chi connectivity index (χ2n) is 7.05. The Morgan fingerprint density at radius 2 is 2.04 bits per heavy atom. The van der Waals surface area contributed by atoms with Crippen LogP contribution < -0.4 is 11.1 Å². The number of H-pyrrole nitrogens is 1. The third-order valence-corrected chi connectivity index (χ3v) is 4.93. The highest BCUT2D eigenvalue weighted by Gasteiger charge is 2.29. The largest absolute Gasteiger partial charge is 0.390 e. The number of nitrogens with one attached hydrogen (secondary N) is 2. The molecule has 2 aromatic heterocycles. The van der Waals surface area contributed by atoms with Gasteiger partial charge in [-0.1, -0.05) is 6.07 Å². The normalized spacial score (nSPS) is 23.7. The smallest absolute Gasteiger partial charge is 0.222 e. The average molecular weight is 338 g/mol. The summed E-state index contributed by atoms with van der Waals surface area (Å²) in [5.74, 6) is 1.00. The predicted octanol–water partition coefficient (Wildman–Crippen LogP) is 2.71. The Hall–Kier alpha value is -2.67. The second-order valence-corrected chi connectivity index (χ2v) is 7.05. The molecule has 4 rings (SSSR count). The summed E-state index contributed by atoms with van der Waals surface area (Å²) in [6.07, 6.45) is 5.11. The zero-order valence-electron chi connectivity index (χ0n) is 14.2. The molecular weight excluding hydrogens is 316 g/mol. The first-order chi connectivity index (χ1) is 12.0. The average Bonchev–Trinajstić information content (AvgIpc) is 3.10. The fraction of sp³-hybridized carbons (Fsp3) is 0.389. The lowest BCUT2D eigenvalue weighted by atomic mass is 9.83. The highest BCUT2D eigenvalue weighted by atomic mass is 16.3. The van der Waals surface area contributed by atoms with Crippen LogP contribution in [0.4, 0.5) is 11.8 Å². The van der Waals surface area contributed by atoms with Crippen LogP contribution in [0.3, 0.4) is 0 Å². The second kappa shape index (κ2) is 6.00. The van der Waals surface area contributed by atoms with E-state index in [4.69, 9.17) is 5.73 Å². The number of aromatic nitrogens is 4. The van der Waals surface area contributed by atoms with Crippen LogP contribution in [0.5, 0.6) is 0 Å². The maximum Gasteiger partial charge on any atom is 0.222 e. The fourth-order valence-corrected chi connectivity index (χ4v) is 3.42. The van der Waals surface area contributed by atoms with Gasteiger partial charge in [0.25, 0.3) is 0 Å². The maximum atomic E-state index is 10.1.